The third-order valence-corrected chi connectivity index (χ3v) is 3.98. The van der Waals surface area contributed by atoms with E-state index in [1.807, 2.05) is 6.92 Å². The normalized spacial score (nSPS) is 19.0. The summed E-state index contributed by atoms with van der Waals surface area (Å²) in [6.07, 6.45) is 5.08. The largest absolute Gasteiger partial charge is 0.379 e. The second-order valence-corrected chi connectivity index (χ2v) is 6.27. The van der Waals surface area contributed by atoms with Crippen LogP contribution in [0.2, 0.25) is 0 Å². The number of anilines is 1. The molecule has 1 aromatic rings. The highest BCUT2D eigenvalue weighted by Gasteiger charge is 2.24. The van der Waals surface area contributed by atoms with Gasteiger partial charge in [-0.25, -0.2) is 9.97 Å². The van der Waals surface area contributed by atoms with Gasteiger partial charge in [0.15, 0.2) is 5.82 Å². The summed E-state index contributed by atoms with van der Waals surface area (Å²) in [5, 5.41) is 0. The highest BCUT2D eigenvalue weighted by Crippen LogP contribution is 2.26. The molecule has 1 atom stereocenters. The fraction of sp³-hybridized carbons (Fsp3) is 0.765. The third-order valence-electron chi connectivity index (χ3n) is 3.98. The van der Waals surface area contributed by atoms with Crippen molar-refractivity contribution in [2.75, 3.05) is 25.2 Å². The smallest absolute Gasteiger partial charge is 0.156 e. The van der Waals surface area contributed by atoms with Gasteiger partial charge in [-0.15, -0.1) is 0 Å². The Balaban J connectivity index is 2.09. The van der Waals surface area contributed by atoms with Crippen molar-refractivity contribution in [2.24, 2.45) is 0 Å². The first-order valence-corrected chi connectivity index (χ1v) is 8.32. The van der Waals surface area contributed by atoms with E-state index in [1.165, 1.54) is 19.3 Å². The fourth-order valence-corrected chi connectivity index (χ4v) is 3.00. The molecule has 0 aromatic carbocycles. The van der Waals surface area contributed by atoms with Gasteiger partial charge in [0.1, 0.15) is 12.4 Å². The second kappa shape index (κ2) is 8.44. The standard InChI is InChI=1S/C17H29N3O2/c1-13(2)22-10-8-15-7-5-6-9-20(15)17-11-14(3)18-16(19-17)12-21-4/h11,13,15H,5-10,12H2,1-4H3/t15-/m1/s1. The molecule has 1 aromatic heterocycles. The molecule has 1 aliphatic rings. The molecule has 1 saturated heterocycles. The zero-order chi connectivity index (χ0) is 15.9. The van der Waals surface area contributed by atoms with Gasteiger partial charge in [0.05, 0.1) is 6.10 Å². The predicted octanol–water partition coefficient (Wildman–Crippen LogP) is 3.11. The molecule has 0 saturated carbocycles. The molecule has 5 nitrogen and oxygen atoms in total. The summed E-state index contributed by atoms with van der Waals surface area (Å²) in [6, 6.07) is 2.60. The first kappa shape index (κ1) is 17.2. The number of nitrogens with zero attached hydrogens (tertiary/aromatic N) is 3. The van der Waals surface area contributed by atoms with Gasteiger partial charge in [0, 0.05) is 38.1 Å². The quantitative estimate of drug-likeness (QED) is 0.774. The van der Waals surface area contributed by atoms with Crippen molar-refractivity contribution in [3.8, 4) is 0 Å². The lowest BCUT2D eigenvalue weighted by atomic mass is 9.99. The van der Waals surface area contributed by atoms with Gasteiger partial charge in [-0.1, -0.05) is 0 Å². The molecule has 1 fully saturated rings. The van der Waals surface area contributed by atoms with Gasteiger partial charge in [-0.05, 0) is 46.5 Å². The Hall–Kier alpha value is -1.20. The van der Waals surface area contributed by atoms with Gasteiger partial charge >= 0.3 is 0 Å². The van der Waals surface area contributed by atoms with Crippen molar-refractivity contribution in [3.63, 3.8) is 0 Å². The van der Waals surface area contributed by atoms with Crippen LogP contribution >= 0.6 is 0 Å². The molecule has 2 heterocycles. The molecular weight excluding hydrogens is 278 g/mol. The lowest BCUT2D eigenvalue weighted by Gasteiger charge is -2.37. The zero-order valence-electron chi connectivity index (χ0n) is 14.3. The molecule has 2 rings (SSSR count). The number of piperidine rings is 1. The van der Waals surface area contributed by atoms with Crippen LogP contribution in [0.15, 0.2) is 6.07 Å². The van der Waals surface area contributed by atoms with Crippen LogP contribution in [0.5, 0.6) is 0 Å². The summed E-state index contributed by atoms with van der Waals surface area (Å²) >= 11 is 0. The van der Waals surface area contributed by atoms with Crippen molar-refractivity contribution in [3.05, 3.63) is 17.6 Å². The SMILES string of the molecule is COCc1nc(C)cc(N2CCCC[C@@H]2CCOC(C)C)n1. The lowest BCUT2D eigenvalue weighted by molar-refractivity contribution is 0.0717. The summed E-state index contributed by atoms with van der Waals surface area (Å²) in [5.74, 6) is 1.80. The Morgan fingerprint density at radius 2 is 2.14 bits per heavy atom. The number of hydrogen-bond donors (Lipinski definition) is 0. The molecule has 0 aliphatic carbocycles. The van der Waals surface area contributed by atoms with Gasteiger partial charge in [-0.3, -0.25) is 0 Å². The van der Waals surface area contributed by atoms with Crippen LogP contribution in [-0.4, -0.2) is 42.4 Å². The van der Waals surface area contributed by atoms with E-state index >= 15 is 0 Å². The Morgan fingerprint density at radius 1 is 1.32 bits per heavy atom. The number of ether oxygens (including phenoxy) is 2. The predicted molar refractivity (Wildman–Crippen MR) is 88.2 cm³/mol. The van der Waals surface area contributed by atoms with Crippen molar-refractivity contribution < 1.29 is 9.47 Å². The minimum Gasteiger partial charge on any atom is -0.379 e. The van der Waals surface area contributed by atoms with E-state index in [2.05, 4.69) is 34.8 Å². The van der Waals surface area contributed by atoms with Crippen LogP contribution in [0.3, 0.4) is 0 Å². The van der Waals surface area contributed by atoms with Gasteiger partial charge in [0.2, 0.25) is 0 Å². The van der Waals surface area contributed by atoms with Crippen molar-refractivity contribution in [1.29, 1.82) is 0 Å². The molecule has 0 unspecified atom stereocenters. The van der Waals surface area contributed by atoms with Gasteiger partial charge < -0.3 is 14.4 Å². The summed E-state index contributed by atoms with van der Waals surface area (Å²) in [7, 11) is 1.68. The van der Waals surface area contributed by atoms with Crippen LogP contribution in [0.1, 0.15) is 51.0 Å². The first-order chi connectivity index (χ1) is 10.6. The molecule has 1 aliphatic heterocycles. The topological polar surface area (TPSA) is 47.5 Å². The maximum Gasteiger partial charge on any atom is 0.156 e. The molecule has 0 amide bonds. The summed E-state index contributed by atoms with van der Waals surface area (Å²) in [4.78, 5) is 11.6. The lowest BCUT2D eigenvalue weighted by Crippen LogP contribution is -2.41. The highest BCUT2D eigenvalue weighted by molar-refractivity contribution is 5.41. The Bertz CT molecular complexity index is 465. The highest BCUT2D eigenvalue weighted by atomic mass is 16.5. The van der Waals surface area contributed by atoms with Gasteiger partial charge in [0.25, 0.3) is 0 Å². The molecule has 0 bridgehead atoms. The van der Waals surface area contributed by atoms with Crippen molar-refractivity contribution in [2.45, 2.75) is 65.2 Å². The molecule has 0 N–H and O–H groups in total. The monoisotopic (exact) mass is 307 g/mol. The van der Waals surface area contributed by atoms with Gasteiger partial charge in [-0.2, -0.15) is 0 Å². The third kappa shape index (κ3) is 4.92. The molecular formula is C17H29N3O2. The average molecular weight is 307 g/mol. The van der Waals surface area contributed by atoms with Crippen LogP contribution in [0.25, 0.3) is 0 Å². The average Bonchev–Trinajstić information content (AvgIpc) is 2.47. The van der Waals surface area contributed by atoms with Crippen molar-refractivity contribution in [1.82, 2.24) is 9.97 Å². The van der Waals surface area contributed by atoms with Crippen LogP contribution in [0, 0.1) is 6.92 Å². The summed E-state index contributed by atoms with van der Waals surface area (Å²) in [6.45, 7) is 8.53. The van der Waals surface area contributed by atoms with Crippen molar-refractivity contribution >= 4 is 5.82 Å². The number of hydrogen-bond acceptors (Lipinski definition) is 5. The van der Waals surface area contributed by atoms with Crippen LogP contribution in [-0.2, 0) is 16.1 Å². The van der Waals surface area contributed by atoms with E-state index in [4.69, 9.17) is 9.47 Å². The molecule has 5 heteroatoms. The number of methoxy groups -OCH3 is 1. The van der Waals surface area contributed by atoms with E-state index in [1.54, 1.807) is 7.11 Å². The maximum absolute atomic E-state index is 5.74. The maximum atomic E-state index is 5.74. The molecule has 22 heavy (non-hydrogen) atoms. The van der Waals surface area contributed by atoms with E-state index in [0.717, 1.165) is 36.9 Å². The molecule has 0 radical (unpaired) electrons. The number of aromatic nitrogens is 2. The Labute approximate surface area is 134 Å². The fourth-order valence-electron chi connectivity index (χ4n) is 3.00. The molecule has 0 spiro atoms. The Kier molecular flexibility index (Phi) is 6.58. The van der Waals surface area contributed by atoms with Crippen LogP contribution < -0.4 is 4.90 Å². The summed E-state index contributed by atoms with van der Waals surface area (Å²) < 4.78 is 10.9. The summed E-state index contributed by atoms with van der Waals surface area (Å²) in [5.41, 5.74) is 1.000. The van der Waals surface area contributed by atoms with Crippen LogP contribution in [0.4, 0.5) is 5.82 Å². The minimum atomic E-state index is 0.298. The van der Waals surface area contributed by atoms with E-state index in [0.29, 0.717) is 18.8 Å². The Morgan fingerprint density at radius 3 is 2.86 bits per heavy atom. The number of aryl methyl sites for hydroxylation is 1. The molecule has 124 valence electrons. The van der Waals surface area contributed by atoms with E-state index < -0.39 is 0 Å². The number of rotatable bonds is 7. The zero-order valence-corrected chi connectivity index (χ0v) is 14.3. The minimum absolute atomic E-state index is 0.298. The first-order valence-electron chi connectivity index (χ1n) is 8.32. The van der Waals surface area contributed by atoms with E-state index in [9.17, 15) is 0 Å². The van der Waals surface area contributed by atoms with E-state index in [-0.39, 0.29) is 0 Å². The second-order valence-electron chi connectivity index (χ2n) is 6.27.